The number of nitrogens with two attached hydrogens (primary N) is 1. The Morgan fingerprint density at radius 3 is 2.47 bits per heavy atom. The van der Waals surface area contributed by atoms with E-state index in [0.29, 0.717) is 0 Å². The van der Waals surface area contributed by atoms with Crippen molar-refractivity contribution in [1.82, 2.24) is 10.2 Å². The molecule has 3 N–H and O–H groups in total. The maximum atomic E-state index is 5.95. The molecule has 2 aliphatic rings. The van der Waals surface area contributed by atoms with E-state index in [9.17, 15) is 0 Å². The van der Waals surface area contributed by atoms with Crippen LogP contribution in [-0.4, -0.2) is 43.2 Å². The minimum atomic E-state index is 0.258. The van der Waals surface area contributed by atoms with Gasteiger partial charge in [-0.15, -0.1) is 0 Å². The van der Waals surface area contributed by atoms with Crippen LogP contribution in [0.2, 0.25) is 0 Å². The molecule has 0 unspecified atom stereocenters. The Bertz CT molecular complexity index is 193. The molecule has 0 aromatic rings. The molecule has 1 aliphatic carbocycles. The lowest BCUT2D eigenvalue weighted by molar-refractivity contribution is 0.143. The van der Waals surface area contributed by atoms with Gasteiger partial charge >= 0.3 is 0 Å². The SMILES string of the molecule is CCN1CCC(CN)(NCC2CC2)CC1. The zero-order valence-corrected chi connectivity index (χ0v) is 9.97. The summed E-state index contributed by atoms with van der Waals surface area (Å²) in [5.74, 6) is 0.956. The zero-order chi connectivity index (χ0) is 10.7. The molecule has 1 saturated heterocycles. The van der Waals surface area contributed by atoms with E-state index in [1.807, 2.05) is 0 Å². The van der Waals surface area contributed by atoms with Crippen LogP contribution in [0.1, 0.15) is 32.6 Å². The Hall–Kier alpha value is -0.120. The quantitative estimate of drug-likeness (QED) is 0.707. The molecule has 1 aliphatic heterocycles. The fourth-order valence-electron chi connectivity index (χ4n) is 2.43. The van der Waals surface area contributed by atoms with Gasteiger partial charge in [-0.05, 0) is 57.8 Å². The third-order valence-corrected chi connectivity index (χ3v) is 4.11. The second kappa shape index (κ2) is 4.81. The number of hydrogen-bond acceptors (Lipinski definition) is 3. The number of likely N-dealkylation sites (tertiary alicyclic amines) is 1. The van der Waals surface area contributed by atoms with E-state index in [2.05, 4.69) is 17.1 Å². The molecule has 88 valence electrons. The average molecular weight is 211 g/mol. The van der Waals surface area contributed by atoms with Gasteiger partial charge in [-0.3, -0.25) is 0 Å². The average Bonchev–Trinajstić information content (AvgIpc) is 3.11. The van der Waals surface area contributed by atoms with E-state index in [4.69, 9.17) is 5.73 Å². The Labute approximate surface area is 93.4 Å². The predicted molar refractivity (Wildman–Crippen MR) is 63.9 cm³/mol. The molecule has 0 aromatic carbocycles. The maximum absolute atomic E-state index is 5.95. The van der Waals surface area contributed by atoms with Crippen LogP contribution in [0.3, 0.4) is 0 Å². The standard InChI is InChI=1S/C12H25N3/c1-2-15-7-5-12(10-13,6-8-15)14-9-11-3-4-11/h11,14H,2-10,13H2,1H3. The Balaban J connectivity index is 1.79. The van der Waals surface area contributed by atoms with Crippen molar-refractivity contribution in [2.45, 2.75) is 38.1 Å². The zero-order valence-electron chi connectivity index (χ0n) is 9.97. The summed E-state index contributed by atoms with van der Waals surface area (Å²) < 4.78 is 0. The van der Waals surface area contributed by atoms with Crippen LogP contribution in [0.15, 0.2) is 0 Å². The van der Waals surface area contributed by atoms with Crippen molar-refractivity contribution in [3.05, 3.63) is 0 Å². The van der Waals surface area contributed by atoms with Gasteiger partial charge < -0.3 is 16.0 Å². The summed E-state index contributed by atoms with van der Waals surface area (Å²) in [6.07, 6.45) is 5.30. The summed E-state index contributed by atoms with van der Waals surface area (Å²) in [5.41, 5.74) is 6.21. The van der Waals surface area contributed by atoms with Crippen molar-refractivity contribution in [2.75, 3.05) is 32.7 Å². The first-order valence-electron chi connectivity index (χ1n) is 6.45. The number of rotatable bonds is 5. The van der Waals surface area contributed by atoms with Crippen LogP contribution in [0.4, 0.5) is 0 Å². The molecule has 2 fully saturated rings. The second-order valence-electron chi connectivity index (χ2n) is 5.24. The molecular formula is C12H25N3. The van der Waals surface area contributed by atoms with Crippen LogP contribution in [0.5, 0.6) is 0 Å². The number of nitrogens with zero attached hydrogens (tertiary/aromatic N) is 1. The van der Waals surface area contributed by atoms with Crippen molar-refractivity contribution in [3.8, 4) is 0 Å². The van der Waals surface area contributed by atoms with Crippen LogP contribution in [-0.2, 0) is 0 Å². The van der Waals surface area contributed by atoms with Crippen molar-refractivity contribution in [2.24, 2.45) is 11.7 Å². The minimum Gasteiger partial charge on any atom is -0.329 e. The number of piperidine rings is 1. The highest BCUT2D eigenvalue weighted by molar-refractivity contribution is 4.95. The first-order chi connectivity index (χ1) is 7.28. The van der Waals surface area contributed by atoms with Gasteiger partial charge in [0.2, 0.25) is 0 Å². The van der Waals surface area contributed by atoms with Crippen LogP contribution >= 0.6 is 0 Å². The van der Waals surface area contributed by atoms with Crippen molar-refractivity contribution in [3.63, 3.8) is 0 Å². The van der Waals surface area contributed by atoms with E-state index in [1.54, 1.807) is 0 Å². The first-order valence-corrected chi connectivity index (χ1v) is 6.45. The van der Waals surface area contributed by atoms with Gasteiger partial charge in [0, 0.05) is 12.1 Å². The second-order valence-corrected chi connectivity index (χ2v) is 5.24. The summed E-state index contributed by atoms with van der Waals surface area (Å²) in [4.78, 5) is 2.52. The summed E-state index contributed by atoms with van der Waals surface area (Å²) in [7, 11) is 0. The van der Waals surface area contributed by atoms with Crippen molar-refractivity contribution in [1.29, 1.82) is 0 Å². The van der Waals surface area contributed by atoms with Crippen LogP contribution < -0.4 is 11.1 Å². The molecule has 0 atom stereocenters. The topological polar surface area (TPSA) is 41.3 Å². The Morgan fingerprint density at radius 1 is 1.33 bits per heavy atom. The van der Waals surface area contributed by atoms with E-state index in [-0.39, 0.29) is 5.54 Å². The van der Waals surface area contributed by atoms with Gasteiger partial charge in [0.1, 0.15) is 0 Å². The smallest absolute Gasteiger partial charge is 0.0328 e. The molecule has 0 aromatic heterocycles. The minimum absolute atomic E-state index is 0.258. The largest absolute Gasteiger partial charge is 0.329 e. The molecule has 0 amide bonds. The molecule has 1 heterocycles. The van der Waals surface area contributed by atoms with E-state index in [0.717, 1.165) is 12.5 Å². The summed E-state index contributed by atoms with van der Waals surface area (Å²) in [6.45, 7) is 7.85. The van der Waals surface area contributed by atoms with Gasteiger partial charge in [-0.1, -0.05) is 6.92 Å². The van der Waals surface area contributed by atoms with Gasteiger partial charge in [0.25, 0.3) is 0 Å². The van der Waals surface area contributed by atoms with Gasteiger partial charge in [-0.2, -0.15) is 0 Å². The fourth-order valence-corrected chi connectivity index (χ4v) is 2.43. The predicted octanol–water partition coefficient (Wildman–Crippen LogP) is 0.799. The molecule has 0 spiro atoms. The van der Waals surface area contributed by atoms with Gasteiger partial charge in [0.15, 0.2) is 0 Å². The maximum Gasteiger partial charge on any atom is 0.0328 e. The van der Waals surface area contributed by atoms with Crippen LogP contribution in [0, 0.1) is 5.92 Å². The third-order valence-electron chi connectivity index (χ3n) is 4.11. The number of hydrogen-bond donors (Lipinski definition) is 2. The van der Waals surface area contributed by atoms with Crippen molar-refractivity contribution >= 4 is 0 Å². The van der Waals surface area contributed by atoms with E-state index < -0.39 is 0 Å². The molecule has 15 heavy (non-hydrogen) atoms. The summed E-state index contributed by atoms with van der Waals surface area (Å²) >= 11 is 0. The molecule has 2 rings (SSSR count). The summed E-state index contributed by atoms with van der Waals surface area (Å²) in [5, 5.41) is 3.74. The van der Waals surface area contributed by atoms with Gasteiger partial charge in [0.05, 0.1) is 0 Å². The Morgan fingerprint density at radius 2 is 2.00 bits per heavy atom. The lowest BCUT2D eigenvalue weighted by Crippen LogP contribution is -2.58. The number of nitrogens with one attached hydrogen (secondary N) is 1. The van der Waals surface area contributed by atoms with Gasteiger partial charge in [-0.25, -0.2) is 0 Å². The summed E-state index contributed by atoms with van der Waals surface area (Å²) in [6, 6.07) is 0. The van der Waals surface area contributed by atoms with E-state index >= 15 is 0 Å². The third kappa shape index (κ3) is 2.92. The molecule has 3 heteroatoms. The van der Waals surface area contributed by atoms with E-state index in [1.165, 1.54) is 51.9 Å². The fraction of sp³-hybridized carbons (Fsp3) is 1.00. The molecule has 1 saturated carbocycles. The molecular weight excluding hydrogens is 186 g/mol. The lowest BCUT2D eigenvalue weighted by atomic mass is 9.87. The molecule has 3 nitrogen and oxygen atoms in total. The van der Waals surface area contributed by atoms with Crippen molar-refractivity contribution < 1.29 is 0 Å². The normalized spacial score (nSPS) is 26.8. The highest BCUT2D eigenvalue weighted by atomic mass is 15.2. The molecule has 0 radical (unpaired) electrons. The lowest BCUT2D eigenvalue weighted by Gasteiger charge is -2.41. The Kier molecular flexibility index (Phi) is 3.65. The highest BCUT2D eigenvalue weighted by Crippen LogP contribution is 2.29. The first kappa shape index (κ1) is 11.4. The highest BCUT2D eigenvalue weighted by Gasteiger charge is 2.34. The van der Waals surface area contributed by atoms with Crippen LogP contribution in [0.25, 0.3) is 0 Å². The molecule has 0 bridgehead atoms. The monoisotopic (exact) mass is 211 g/mol.